The summed E-state index contributed by atoms with van der Waals surface area (Å²) in [6.07, 6.45) is 1.74. The zero-order chi connectivity index (χ0) is 19.5. The first kappa shape index (κ1) is 20.4. The topological polar surface area (TPSA) is 117 Å². The van der Waals surface area contributed by atoms with Crippen molar-refractivity contribution in [1.29, 1.82) is 0 Å². The van der Waals surface area contributed by atoms with Crippen LogP contribution in [0, 0.1) is 11.8 Å². The summed E-state index contributed by atoms with van der Waals surface area (Å²) in [5, 5.41) is 11.5. The molecule has 2 heterocycles. The van der Waals surface area contributed by atoms with Crippen molar-refractivity contribution >= 4 is 21.9 Å². The lowest BCUT2D eigenvalue weighted by Gasteiger charge is -2.30. The summed E-state index contributed by atoms with van der Waals surface area (Å²) in [5.41, 5.74) is 0. The number of furan rings is 1. The summed E-state index contributed by atoms with van der Waals surface area (Å²) in [6, 6.07) is 2.35. The smallest absolute Gasteiger partial charge is 0.371 e. The first-order chi connectivity index (χ1) is 12.1. The van der Waals surface area contributed by atoms with Crippen molar-refractivity contribution in [2.24, 2.45) is 11.8 Å². The molecule has 9 heteroatoms. The highest BCUT2D eigenvalue weighted by Crippen LogP contribution is 2.25. The molecule has 1 atom stereocenters. The third-order valence-corrected chi connectivity index (χ3v) is 6.20. The molecule has 1 saturated heterocycles. The van der Waals surface area contributed by atoms with Crippen molar-refractivity contribution < 1.29 is 27.5 Å². The van der Waals surface area contributed by atoms with Gasteiger partial charge in [0, 0.05) is 25.0 Å². The molecule has 26 heavy (non-hydrogen) atoms. The van der Waals surface area contributed by atoms with Crippen molar-refractivity contribution in [2.45, 2.75) is 51.2 Å². The van der Waals surface area contributed by atoms with Crippen LogP contribution in [-0.4, -0.2) is 48.8 Å². The van der Waals surface area contributed by atoms with Crippen LogP contribution in [0.3, 0.4) is 0 Å². The van der Waals surface area contributed by atoms with Crippen LogP contribution in [0.4, 0.5) is 0 Å². The summed E-state index contributed by atoms with van der Waals surface area (Å²) in [7, 11) is -3.89. The van der Waals surface area contributed by atoms with Crippen LogP contribution >= 0.6 is 0 Å². The maximum atomic E-state index is 12.5. The normalized spacial score (nSPS) is 18.0. The van der Waals surface area contributed by atoms with Crippen LogP contribution in [0.5, 0.6) is 0 Å². The first-order valence-corrected chi connectivity index (χ1v) is 10.2. The fourth-order valence-electron chi connectivity index (χ4n) is 3.19. The Balaban J connectivity index is 1.94. The van der Waals surface area contributed by atoms with E-state index in [2.05, 4.69) is 19.2 Å². The highest BCUT2D eigenvalue weighted by Gasteiger charge is 2.34. The molecule has 0 saturated carbocycles. The Labute approximate surface area is 153 Å². The molecule has 1 aromatic rings. The minimum atomic E-state index is -3.89. The SMILES string of the molecule is CC(C)CC(C)NC(=O)C1CCN(S(=O)(=O)c2ccc(C(=O)O)o2)CC1. The van der Waals surface area contributed by atoms with Gasteiger partial charge in [-0.25, -0.2) is 13.2 Å². The number of aromatic carboxylic acids is 1. The van der Waals surface area contributed by atoms with Crippen LogP contribution in [0.1, 0.15) is 50.6 Å². The van der Waals surface area contributed by atoms with Crippen molar-refractivity contribution in [2.75, 3.05) is 13.1 Å². The fourth-order valence-corrected chi connectivity index (χ4v) is 4.57. The van der Waals surface area contributed by atoms with E-state index in [0.29, 0.717) is 18.8 Å². The van der Waals surface area contributed by atoms with E-state index >= 15 is 0 Å². The molecule has 8 nitrogen and oxygen atoms in total. The van der Waals surface area contributed by atoms with Gasteiger partial charge < -0.3 is 14.8 Å². The summed E-state index contributed by atoms with van der Waals surface area (Å²) < 4.78 is 31.2. The van der Waals surface area contributed by atoms with Gasteiger partial charge in [-0.1, -0.05) is 13.8 Å². The minimum Gasteiger partial charge on any atom is -0.475 e. The van der Waals surface area contributed by atoms with Crippen LogP contribution in [-0.2, 0) is 14.8 Å². The molecule has 1 amide bonds. The number of nitrogens with zero attached hydrogens (tertiary/aromatic N) is 1. The molecule has 1 unspecified atom stereocenters. The van der Waals surface area contributed by atoms with Gasteiger partial charge in [0.05, 0.1) is 0 Å². The van der Waals surface area contributed by atoms with Crippen molar-refractivity contribution in [3.63, 3.8) is 0 Å². The number of piperidine rings is 1. The van der Waals surface area contributed by atoms with E-state index in [4.69, 9.17) is 9.52 Å². The Hall–Kier alpha value is -1.87. The summed E-state index contributed by atoms with van der Waals surface area (Å²) in [4.78, 5) is 23.2. The molecule has 1 aliphatic rings. The van der Waals surface area contributed by atoms with Crippen molar-refractivity contribution in [3.05, 3.63) is 17.9 Å². The van der Waals surface area contributed by atoms with Crippen molar-refractivity contribution in [1.82, 2.24) is 9.62 Å². The number of hydrogen-bond acceptors (Lipinski definition) is 5. The molecule has 0 spiro atoms. The van der Waals surface area contributed by atoms with Gasteiger partial charge in [0.2, 0.25) is 16.8 Å². The molecule has 0 radical (unpaired) electrons. The van der Waals surface area contributed by atoms with Gasteiger partial charge >= 0.3 is 5.97 Å². The Kier molecular flexibility index (Phi) is 6.46. The molecule has 2 rings (SSSR count). The first-order valence-electron chi connectivity index (χ1n) is 8.75. The Morgan fingerprint density at radius 2 is 1.88 bits per heavy atom. The molecular weight excluding hydrogens is 360 g/mol. The average Bonchev–Trinajstić information content (AvgIpc) is 3.05. The highest BCUT2D eigenvalue weighted by molar-refractivity contribution is 7.89. The number of amides is 1. The van der Waals surface area contributed by atoms with Gasteiger partial charge in [0.15, 0.2) is 0 Å². The van der Waals surface area contributed by atoms with Gasteiger partial charge in [-0.2, -0.15) is 4.31 Å². The highest BCUT2D eigenvalue weighted by atomic mass is 32.2. The zero-order valence-electron chi connectivity index (χ0n) is 15.3. The minimum absolute atomic E-state index is 0.0404. The standard InChI is InChI=1S/C17H26N2O6S/c1-11(2)10-12(3)18-16(20)13-6-8-19(9-7-13)26(23,24)15-5-4-14(25-15)17(21)22/h4-5,11-13H,6-10H2,1-3H3,(H,18,20)(H,21,22). The van der Waals surface area contributed by atoms with Crippen LogP contribution in [0.2, 0.25) is 0 Å². The van der Waals surface area contributed by atoms with Crippen LogP contribution in [0.15, 0.2) is 21.6 Å². The second-order valence-corrected chi connectivity index (χ2v) is 9.01. The number of sulfonamides is 1. The predicted molar refractivity (Wildman–Crippen MR) is 94.2 cm³/mol. The van der Waals surface area contributed by atoms with Crippen molar-refractivity contribution in [3.8, 4) is 0 Å². The van der Waals surface area contributed by atoms with Gasteiger partial charge in [0.1, 0.15) is 0 Å². The molecule has 146 valence electrons. The van der Waals surface area contributed by atoms with Gasteiger partial charge in [0.25, 0.3) is 10.0 Å². The predicted octanol–water partition coefficient (Wildman–Crippen LogP) is 1.93. The average molecular weight is 386 g/mol. The van der Waals surface area contributed by atoms with Crippen LogP contribution < -0.4 is 5.32 Å². The number of carboxylic acid groups (broad SMARTS) is 1. The number of nitrogens with one attached hydrogen (secondary N) is 1. The fraction of sp³-hybridized carbons (Fsp3) is 0.647. The number of rotatable bonds is 7. The second-order valence-electron chi connectivity index (χ2n) is 7.14. The molecule has 1 aromatic heterocycles. The largest absolute Gasteiger partial charge is 0.475 e. The van der Waals surface area contributed by atoms with Gasteiger partial charge in [-0.3, -0.25) is 4.79 Å². The zero-order valence-corrected chi connectivity index (χ0v) is 16.1. The summed E-state index contributed by atoms with van der Waals surface area (Å²) in [5.74, 6) is -1.51. The molecule has 0 aliphatic carbocycles. The third-order valence-electron chi connectivity index (χ3n) is 4.42. The Morgan fingerprint density at radius 3 is 2.38 bits per heavy atom. The van der Waals surface area contributed by atoms with E-state index in [0.717, 1.165) is 18.6 Å². The van der Waals surface area contributed by atoms with E-state index in [-0.39, 0.29) is 36.0 Å². The maximum absolute atomic E-state index is 12.5. The molecule has 2 N–H and O–H groups in total. The summed E-state index contributed by atoms with van der Waals surface area (Å²) in [6.45, 7) is 6.55. The lowest BCUT2D eigenvalue weighted by molar-refractivity contribution is -0.126. The lowest BCUT2D eigenvalue weighted by atomic mass is 9.96. The Morgan fingerprint density at radius 1 is 1.27 bits per heavy atom. The number of carbonyl (C=O) groups is 2. The molecule has 0 aromatic carbocycles. The molecular formula is C17H26N2O6S. The summed E-state index contributed by atoms with van der Waals surface area (Å²) >= 11 is 0. The molecule has 1 aliphatic heterocycles. The number of hydrogen-bond donors (Lipinski definition) is 2. The van der Waals surface area contributed by atoms with E-state index < -0.39 is 21.8 Å². The van der Waals surface area contributed by atoms with Gasteiger partial charge in [-0.05, 0) is 44.2 Å². The quantitative estimate of drug-likeness (QED) is 0.739. The van der Waals surface area contributed by atoms with E-state index in [9.17, 15) is 18.0 Å². The second kappa shape index (κ2) is 8.22. The monoisotopic (exact) mass is 386 g/mol. The third kappa shape index (κ3) is 4.85. The number of carbonyl (C=O) groups excluding carboxylic acids is 1. The Bertz CT molecular complexity index is 747. The lowest BCUT2D eigenvalue weighted by Crippen LogP contribution is -2.44. The van der Waals surface area contributed by atoms with E-state index in [1.165, 1.54) is 4.31 Å². The molecule has 0 bridgehead atoms. The van der Waals surface area contributed by atoms with E-state index in [1.807, 2.05) is 6.92 Å². The molecule has 1 fully saturated rings. The van der Waals surface area contributed by atoms with E-state index in [1.54, 1.807) is 0 Å². The van der Waals surface area contributed by atoms with Gasteiger partial charge in [-0.15, -0.1) is 0 Å². The number of carboxylic acids is 1. The maximum Gasteiger partial charge on any atom is 0.371 e. The van der Waals surface area contributed by atoms with Crippen LogP contribution in [0.25, 0.3) is 0 Å².